The Hall–Kier alpha value is -1.82. The van der Waals surface area contributed by atoms with Crippen molar-refractivity contribution >= 4 is 17.8 Å². The van der Waals surface area contributed by atoms with Gasteiger partial charge in [0.25, 0.3) is 0 Å². The zero-order chi connectivity index (χ0) is 15.2. The van der Waals surface area contributed by atoms with Gasteiger partial charge in [-0.3, -0.25) is 8.98 Å². The average Bonchev–Trinajstić information content (AvgIpc) is 2.52. The third kappa shape index (κ3) is 4.07. The van der Waals surface area contributed by atoms with Crippen LogP contribution in [0.5, 0.6) is 5.75 Å². The van der Waals surface area contributed by atoms with Gasteiger partial charge in [-0.05, 0) is 25.1 Å². The average molecular weight is 303 g/mol. The minimum atomic E-state index is -0.430. The first-order valence-corrected chi connectivity index (χ1v) is 7.22. The van der Waals surface area contributed by atoms with Gasteiger partial charge < -0.3 is 10.5 Å². The van der Waals surface area contributed by atoms with Crippen molar-refractivity contribution in [2.24, 2.45) is 5.73 Å². The Kier molecular flexibility index (Phi) is 5.38. The number of hydrogen-bond acceptors (Lipinski definition) is 5. The van der Waals surface area contributed by atoms with Crippen molar-refractivity contribution < 1.29 is 13.7 Å². The highest BCUT2D eigenvalue weighted by Gasteiger charge is 2.16. The van der Waals surface area contributed by atoms with E-state index in [0.717, 1.165) is 12.0 Å². The van der Waals surface area contributed by atoms with Crippen LogP contribution in [0.1, 0.15) is 22.8 Å². The van der Waals surface area contributed by atoms with E-state index in [2.05, 4.69) is 0 Å². The van der Waals surface area contributed by atoms with Crippen molar-refractivity contribution in [3.63, 3.8) is 0 Å². The lowest BCUT2D eigenvalue weighted by molar-refractivity contribution is 0.103. The van der Waals surface area contributed by atoms with E-state index in [1.807, 2.05) is 18.2 Å². The lowest BCUT2D eigenvalue weighted by atomic mass is 10.0. The topological polar surface area (TPSA) is 61.5 Å². The van der Waals surface area contributed by atoms with Crippen molar-refractivity contribution in [2.45, 2.75) is 18.0 Å². The zero-order valence-electron chi connectivity index (χ0n) is 11.9. The molecule has 0 bridgehead atoms. The number of hydrogen-bond donors (Lipinski definition) is 1. The van der Waals surface area contributed by atoms with E-state index < -0.39 is 6.23 Å². The lowest BCUT2D eigenvalue weighted by Crippen LogP contribution is -2.15. The number of carbonyl (C=O) groups excluding carboxylic acids is 1. The number of methoxy groups -OCH3 is 1. The molecule has 0 aliphatic heterocycles. The molecule has 5 heteroatoms. The Morgan fingerprint density at radius 3 is 2.52 bits per heavy atom. The second-order valence-corrected chi connectivity index (χ2v) is 5.24. The summed E-state index contributed by atoms with van der Waals surface area (Å²) in [7, 11) is 1.58. The van der Waals surface area contributed by atoms with Gasteiger partial charge in [0.05, 0.1) is 12.0 Å². The Labute approximate surface area is 128 Å². The molecule has 0 saturated heterocycles. The summed E-state index contributed by atoms with van der Waals surface area (Å²) in [5.41, 5.74) is 6.78. The van der Waals surface area contributed by atoms with Gasteiger partial charge >= 0.3 is 0 Å². The number of rotatable bonds is 6. The Bertz CT molecular complexity index is 614. The van der Waals surface area contributed by atoms with Gasteiger partial charge in [0, 0.05) is 23.2 Å². The van der Waals surface area contributed by atoms with Crippen LogP contribution >= 0.6 is 12.0 Å². The molecule has 0 radical (unpaired) electrons. The second kappa shape index (κ2) is 7.26. The van der Waals surface area contributed by atoms with Gasteiger partial charge in [-0.25, -0.2) is 0 Å². The van der Waals surface area contributed by atoms with E-state index in [1.54, 1.807) is 44.4 Å². The van der Waals surface area contributed by atoms with Gasteiger partial charge in [0.15, 0.2) is 5.78 Å². The smallest absolute Gasteiger partial charge is 0.194 e. The number of ether oxygens (including phenoxy) is 1. The number of ketones is 1. The van der Waals surface area contributed by atoms with Crippen LogP contribution in [-0.4, -0.2) is 19.1 Å². The van der Waals surface area contributed by atoms with Crippen LogP contribution in [-0.2, 0) is 4.18 Å². The molecule has 0 aliphatic carbocycles. The first-order chi connectivity index (χ1) is 10.1. The zero-order valence-corrected chi connectivity index (χ0v) is 12.7. The van der Waals surface area contributed by atoms with Crippen LogP contribution in [0.15, 0.2) is 53.4 Å². The van der Waals surface area contributed by atoms with Crippen LogP contribution in [0.4, 0.5) is 0 Å². The molecule has 4 nitrogen and oxygen atoms in total. The maximum absolute atomic E-state index is 12.6. The largest absolute Gasteiger partial charge is 0.497 e. The molecule has 0 amide bonds. The highest BCUT2D eigenvalue weighted by Crippen LogP contribution is 2.30. The molecular formula is C16H17NO3S. The molecule has 0 saturated carbocycles. The Morgan fingerprint density at radius 2 is 1.90 bits per heavy atom. The monoisotopic (exact) mass is 303 g/mol. The quantitative estimate of drug-likeness (QED) is 0.504. The summed E-state index contributed by atoms with van der Waals surface area (Å²) in [6, 6.07) is 14.4. The normalized spacial score (nSPS) is 12.0. The fourth-order valence-electron chi connectivity index (χ4n) is 1.76. The lowest BCUT2D eigenvalue weighted by Gasteiger charge is -2.11. The number of carbonyl (C=O) groups is 1. The third-order valence-electron chi connectivity index (χ3n) is 2.76. The van der Waals surface area contributed by atoms with E-state index >= 15 is 0 Å². The maximum Gasteiger partial charge on any atom is 0.194 e. The molecule has 2 rings (SSSR count). The van der Waals surface area contributed by atoms with Crippen molar-refractivity contribution in [1.82, 2.24) is 0 Å². The van der Waals surface area contributed by atoms with Gasteiger partial charge in [0.1, 0.15) is 12.0 Å². The molecule has 0 aliphatic rings. The van der Waals surface area contributed by atoms with Crippen LogP contribution in [0.3, 0.4) is 0 Å². The van der Waals surface area contributed by atoms with Crippen LogP contribution < -0.4 is 10.5 Å². The Balaban J connectivity index is 2.35. The number of benzene rings is 2. The molecular weight excluding hydrogens is 286 g/mol. The van der Waals surface area contributed by atoms with Gasteiger partial charge in [-0.15, -0.1) is 0 Å². The first-order valence-electron chi connectivity index (χ1n) is 6.48. The summed E-state index contributed by atoms with van der Waals surface area (Å²) in [5.74, 6) is 0.601. The molecule has 110 valence electrons. The van der Waals surface area contributed by atoms with E-state index in [-0.39, 0.29) is 5.78 Å². The molecule has 0 heterocycles. The van der Waals surface area contributed by atoms with E-state index in [4.69, 9.17) is 14.7 Å². The van der Waals surface area contributed by atoms with E-state index in [1.165, 1.54) is 0 Å². The predicted molar refractivity (Wildman–Crippen MR) is 83.5 cm³/mol. The highest BCUT2D eigenvalue weighted by atomic mass is 32.2. The predicted octanol–water partition coefficient (Wildman–Crippen LogP) is 3.25. The van der Waals surface area contributed by atoms with Crippen LogP contribution in [0.2, 0.25) is 0 Å². The SMILES string of the molecule is COc1ccc(C(=O)c2ccccc2)c(SO[C@H](C)N)c1. The highest BCUT2D eigenvalue weighted by molar-refractivity contribution is 7.94. The van der Waals surface area contributed by atoms with Crippen molar-refractivity contribution in [2.75, 3.05) is 7.11 Å². The molecule has 0 spiro atoms. The molecule has 0 fully saturated rings. The second-order valence-electron chi connectivity index (χ2n) is 4.44. The summed E-state index contributed by atoms with van der Waals surface area (Å²) in [6.45, 7) is 1.73. The fraction of sp³-hybridized carbons (Fsp3) is 0.188. The molecule has 2 aromatic carbocycles. The van der Waals surface area contributed by atoms with Crippen LogP contribution in [0.25, 0.3) is 0 Å². The summed E-state index contributed by atoms with van der Waals surface area (Å²) in [4.78, 5) is 13.3. The Morgan fingerprint density at radius 1 is 1.19 bits per heavy atom. The molecule has 0 unspecified atom stereocenters. The first kappa shape index (κ1) is 15.6. The minimum absolute atomic E-state index is 0.0611. The maximum atomic E-state index is 12.6. The summed E-state index contributed by atoms with van der Waals surface area (Å²) >= 11 is 1.08. The summed E-state index contributed by atoms with van der Waals surface area (Å²) in [5, 5.41) is 0. The summed E-state index contributed by atoms with van der Waals surface area (Å²) in [6.07, 6.45) is -0.430. The van der Waals surface area contributed by atoms with Gasteiger partial charge in [0.2, 0.25) is 0 Å². The molecule has 2 N–H and O–H groups in total. The third-order valence-corrected chi connectivity index (χ3v) is 3.68. The van der Waals surface area contributed by atoms with Crippen molar-refractivity contribution in [3.05, 3.63) is 59.7 Å². The van der Waals surface area contributed by atoms with Gasteiger partial charge in [-0.1, -0.05) is 30.3 Å². The van der Waals surface area contributed by atoms with E-state index in [9.17, 15) is 4.79 Å². The number of nitrogens with two attached hydrogens (primary N) is 1. The van der Waals surface area contributed by atoms with Crippen molar-refractivity contribution in [3.8, 4) is 5.75 Å². The molecule has 1 atom stereocenters. The summed E-state index contributed by atoms with van der Waals surface area (Å²) < 4.78 is 10.5. The molecule has 21 heavy (non-hydrogen) atoms. The fourth-order valence-corrected chi connectivity index (χ4v) is 2.43. The molecule has 2 aromatic rings. The van der Waals surface area contributed by atoms with Gasteiger partial charge in [-0.2, -0.15) is 0 Å². The standard InChI is InChI=1S/C16H17NO3S/c1-11(17)20-21-15-10-13(19-2)8-9-14(15)16(18)12-6-4-3-5-7-12/h3-11H,17H2,1-2H3/t11-/m1/s1. The van der Waals surface area contributed by atoms with Crippen LogP contribution in [0, 0.1) is 0 Å². The minimum Gasteiger partial charge on any atom is -0.497 e. The van der Waals surface area contributed by atoms with Crippen molar-refractivity contribution in [1.29, 1.82) is 0 Å². The molecule has 0 aromatic heterocycles. The van der Waals surface area contributed by atoms with E-state index in [0.29, 0.717) is 21.8 Å².